The van der Waals surface area contributed by atoms with Crippen LogP contribution in [-0.4, -0.2) is 5.60 Å². The minimum atomic E-state index is -0.0387. The van der Waals surface area contributed by atoms with Crippen molar-refractivity contribution in [2.45, 2.75) is 45.8 Å². The molecule has 0 fully saturated rings. The zero-order chi connectivity index (χ0) is 10.2. The Balaban J connectivity index is 2.00. The molecule has 0 amide bonds. The smallest absolute Gasteiger partial charge is 0.0724 e. The van der Waals surface area contributed by atoms with E-state index in [-0.39, 0.29) is 5.60 Å². The SMILES string of the molecule is CC(C)(C)OCc1ccc2c(c1)CC2. The summed E-state index contributed by atoms with van der Waals surface area (Å²) in [6.45, 7) is 7.01. The molecule has 1 nitrogen and oxygen atoms in total. The standard InChI is InChI=1S/C13H18O/c1-13(2,3)14-9-10-4-5-11-6-7-12(11)8-10/h4-5,8H,6-7,9H2,1-3H3. The highest BCUT2D eigenvalue weighted by atomic mass is 16.5. The minimum Gasteiger partial charge on any atom is -0.371 e. The Morgan fingerprint density at radius 1 is 1.14 bits per heavy atom. The van der Waals surface area contributed by atoms with Crippen LogP contribution in [0.4, 0.5) is 0 Å². The predicted octanol–water partition coefficient (Wildman–Crippen LogP) is 3.10. The highest BCUT2D eigenvalue weighted by Crippen LogP contribution is 2.24. The van der Waals surface area contributed by atoms with Gasteiger partial charge in [0.1, 0.15) is 0 Å². The Kier molecular flexibility index (Phi) is 2.36. The first-order valence-electron chi connectivity index (χ1n) is 5.29. The van der Waals surface area contributed by atoms with Gasteiger partial charge >= 0.3 is 0 Å². The van der Waals surface area contributed by atoms with Crippen LogP contribution in [0.3, 0.4) is 0 Å². The first kappa shape index (κ1) is 9.72. The molecule has 0 bridgehead atoms. The van der Waals surface area contributed by atoms with E-state index < -0.39 is 0 Å². The van der Waals surface area contributed by atoms with E-state index in [0.717, 1.165) is 6.61 Å². The lowest BCUT2D eigenvalue weighted by Crippen LogP contribution is -2.19. The molecule has 0 saturated carbocycles. The third kappa shape index (κ3) is 2.16. The van der Waals surface area contributed by atoms with Gasteiger partial charge in [-0.3, -0.25) is 0 Å². The number of fused-ring (bicyclic) bond motifs is 1. The van der Waals surface area contributed by atoms with Crippen LogP contribution in [0.1, 0.15) is 37.5 Å². The van der Waals surface area contributed by atoms with Crippen molar-refractivity contribution < 1.29 is 4.74 Å². The monoisotopic (exact) mass is 190 g/mol. The van der Waals surface area contributed by atoms with Crippen LogP contribution in [0.5, 0.6) is 0 Å². The normalized spacial score (nSPS) is 14.8. The summed E-state index contributed by atoms with van der Waals surface area (Å²) in [4.78, 5) is 0. The van der Waals surface area contributed by atoms with Crippen LogP contribution in [0.15, 0.2) is 18.2 Å². The summed E-state index contributed by atoms with van der Waals surface area (Å²) in [6, 6.07) is 6.70. The summed E-state index contributed by atoms with van der Waals surface area (Å²) in [7, 11) is 0. The summed E-state index contributed by atoms with van der Waals surface area (Å²) in [6.07, 6.45) is 2.51. The molecule has 14 heavy (non-hydrogen) atoms. The van der Waals surface area contributed by atoms with Crippen molar-refractivity contribution in [2.75, 3.05) is 0 Å². The number of hydrogen-bond donors (Lipinski definition) is 0. The van der Waals surface area contributed by atoms with Crippen LogP contribution in [0.25, 0.3) is 0 Å². The van der Waals surface area contributed by atoms with E-state index in [1.165, 1.54) is 29.5 Å². The van der Waals surface area contributed by atoms with Crippen LogP contribution in [0, 0.1) is 0 Å². The molecule has 0 radical (unpaired) electrons. The second-order valence-corrected chi connectivity index (χ2v) is 5.00. The summed E-state index contributed by atoms with van der Waals surface area (Å²) < 4.78 is 5.73. The molecular formula is C13H18O. The van der Waals surface area contributed by atoms with E-state index in [1.807, 2.05) is 0 Å². The average Bonchev–Trinajstić information content (AvgIpc) is 2.03. The van der Waals surface area contributed by atoms with Crippen molar-refractivity contribution in [2.24, 2.45) is 0 Å². The fraction of sp³-hybridized carbons (Fsp3) is 0.538. The van der Waals surface area contributed by atoms with E-state index in [0.29, 0.717) is 0 Å². The van der Waals surface area contributed by atoms with Gasteiger partial charge in [0, 0.05) is 0 Å². The lowest BCUT2D eigenvalue weighted by atomic mass is 9.87. The third-order valence-corrected chi connectivity index (χ3v) is 2.61. The second kappa shape index (κ2) is 3.39. The number of rotatable bonds is 2. The lowest BCUT2D eigenvalue weighted by Gasteiger charge is -2.22. The van der Waals surface area contributed by atoms with Crippen molar-refractivity contribution in [3.63, 3.8) is 0 Å². The van der Waals surface area contributed by atoms with E-state index in [9.17, 15) is 0 Å². The lowest BCUT2D eigenvalue weighted by molar-refractivity contribution is -0.0150. The molecule has 0 spiro atoms. The van der Waals surface area contributed by atoms with Crippen LogP contribution < -0.4 is 0 Å². The molecule has 2 rings (SSSR count). The van der Waals surface area contributed by atoms with E-state index in [2.05, 4.69) is 39.0 Å². The number of ether oxygens (including phenoxy) is 1. The quantitative estimate of drug-likeness (QED) is 0.696. The Bertz CT molecular complexity index is 334. The largest absolute Gasteiger partial charge is 0.371 e. The molecule has 1 aliphatic carbocycles. The molecule has 0 N–H and O–H groups in total. The molecule has 1 aromatic rings. The zero-order valence-electron chi connectivity index (χ0n) is 9.26. The fourth-order valence-corrected chi connectivity index (χ4v) is 1.64. The van der Waals surface area contributed by atoms with Gasteiger partial charge in [-0.25, -0.2) is 0 Å². The van der Waals surface area contributed by atoms with E-state index >= 15 is 0 Å². The Hall–Kier alpha value is -0.820. The molecule has 1 aliphatic rings. The molecule has 0 atom stereocenters. The van der Waals surface area contributed by atoms with E-state index in [4.69, 9.17) is 4.74 Å². The minimum absolute atomic E-state index is 0.0387. The molecule has 0 aliphatic heterocycles. The maximum absolute atomic E-state index is 5.73. The Morgan fingerprint density at radius 2 is 1.86 bits per heavy atom. The van der Waals surface area contributed by atoms with Gasteiger partial charge in [-0.15, -0.1) is 0 Å². The van der Waals surface area contributed by atoms with Crippen LogP contribution in [0.2, 0.25) is 0 Å². The molecule has 1 aromatic carbocycles. The summed E-state index contributed by atoms with van der Waals surface area (Å²) in [5.41, 5.74) is 4.30. The van der Waals surface area contributed by atoms with Crippen molar-refractivity contribution in [3.05, 3.63) is 34.9 Å². The number of hydrogen-bond acceptors (Lipinski definition) is 1. The second-order valence-electron chi connectivity index (χ2n) is 5.00. The maximum atomic E-state index is 5.73. The first-order valence-corrected chi connectivity index (χ1v) is 5.29. The Morgan fingerprint density at radius 3 is 2.36 bits per heavy atom. The van der Waals surface area contributed by atoms with Crippen molar-refractivity contribution in [1.82, 2.24) is 0 Å². The van der Waals surface area contributed by atoms with Gasteiger partial charge in [0.05, 0.1) is 12.2 Å². The molecule has 76 valence electrons. The van der Waals surface area contributed by atoms with Gasteiger partial charge in [0.2, 0.25) is 0 Å². The summed E-state index contributed by atoms with van der Waals surface area (Å²) >= 11 is 0. The molecule has 0 saturated heterocycles. The van der Waals surface area contributed by atoms with Crippen molar-refractivity contribution in [3.8, 4) is 0 Å². The van der Waals surface area contributed by atoms with Gasteiger partial charge in [0.25, 0.3) is 0 Å². The number of aryl methyl sites for hydroxylation is 2. The molecule has 0 unspecified atom stereocenters. The van der Waals surface area contributed by atoms with E-state index in [1.54, 1.807) is 0 Å². The zero-order valence-corrected chi connectivity index (χ0v) is 9.26. The molecule has 0 aromatic heterocycles. The highest BCUT2D eigenvalue weighted by molar-refractivity contribution is 5.38. The Labute approximate surface area is 86.1 Å². The predicted molar refractivity (Wildman–Crippen MR) is 58.4 cm³/mol. The highest BCUT2D eigenvalue weighted by Gasteiger charge is 2.14. The average molecular weight is 190 g/mol. The maximum Gasteiger partial charge on any atom is 0.0724 e. The van der Waals surface area contributed by atoms with Crippen LogP contribution in [-0.2, 0) is 24.2 Å². The van der Waals surface area contributed by atoms with Gasteiger partial charge in [0.15, 0.2) is 0 Å². The fourth-order valence-electron chi connectivity index (χ4n) is 1.64. The van der Waals surface area contributed by atoms with Gasteiger partial charge in [-0.05, 0) is 50.3 Å². The molecule has 0 heterocycles. The van der Waals surface area contributed by atoms with Gasteiger partial charge < -0.3 is 4.74 Å². The number of benzene rings is 1. The topological polar surface area (TPSA) is 9.23 Å². The molecule has 1 heteroatoms. The first-order chi connectivity index (χ1) is 6.54. The van der Waals surface area contributed by atoms with Crippen molar-refractivity contribution in [1.29, 1.82) is 0 Å². The van der Waals surface area contributed by atoms with Crippen LogP contribution >= 0.6 is 0 Å². The van der Waals surface area contributed by atoms with Gasteiger partial charge in [-0.2, -0.15) is 0 Å². The third-order valence-electron chi connectivity index (χ3n) is 2.61. The van der Waals surface area contributed by atoms with Gasteiger partial charge in [-0.1, -0.05) is 18.2 Å². The van der Waals surface area contributed by atoms with Crippen molar-refractivity contribution >= 4 is 0 Å². The molecular weight excluding hydrogens is 172 g/mol. The summed E-state index contributed by atoms with van der Waals surface area (Å²) in [5, 5.41) is 0. The summed E-state index contributed by atoms with van der Waals surface area (Å²) in [5.74, 6) is 0.